The topological polar surface area (TPSA) is 41.1 Å². The fraction of sp³-hybridized carbons (Fsp3) is 0.688. The highest BCUT2D eigenvalue weighted by Gasteiger charge is 2.14. The molecule has 1 amide bonds. The Balaban J connectivity index is 1.66. The van der Waals surface area contributed by atoms with Crippen LogP contribution in [-0.2, 0) is 11.3 Å². The first-order chi connectivity index (χ1) is 9.65. The molecule has 1 saturated carbocycles. The SMILES string of the molecule is Cc1cc(CNCC(=O)NC2CCCCCC2)sc1C. The number of carbonyl (C=O) groups excluding carboxylic acids is 1. The maximum absolute atomic E-state index is 11.9. The summed E-state index contributed by atoms with van der Waals surface area (Å²) < 4.78 is 0. The Hall–Kier alpha value is -0.870. The lowest BCUT2D eigenvalue weighted by atomic mass is 10.1. The van der Waals surface area contributed by atoms with E-state index in [1.165, 1.54) is 41.0 Å². The van der Waals surface area contributed by atoms with E-state index in [4.69, 9.17) is 0 Å². The average molecular weight is 294 g/mol. The van der Waals surface area contributed by atoms with Crippen molar-refractivity contribution in [2.75, 3.05) is 6.54 Å². The van der Waals surface area contributed by atoms with Crippen molar-refractivity contribution in [3.63, 3.8) is 0 Å². The molecule has 4 heteroatoms. The van der Waals surface area contributed by atoms with Crippen LogP contribution in [0.4, 0.5) is 0 Å². The lowest BCUT2D eigenvalue weighted by Crippen LogP contribution is -2.40. The molecular weight excluding hydrogens is 268 g/mol. The van der Waals surface area contributed by atoms with Crippen molar-refractivity contribution in [2.45, 2.75) is 65.0 Å². The van der Waals surface area contributed by atoms with Gasteiger partial charge in [-0.15, -0.1) is 11.3 Å². The third-order valence-corrected chi connectivity index (χ3v) is 5.17. The molecule has 0 unspecified atom stereocenters. The largest absolute Gasteiger partial charge is 0.352 e. The van der Waals surface area contributed by atoms with Crippen molar-refractivity contribution in [3.05, 3.63) is 21.4 Å². The number of nitrogens with one attached hydrogen (secondary N) is 2. The van der Waals surface area contributed by atoms with Gasteiger partial charge >= 0.3 is 0 Å². The molecule has 1 fully saturated rings. The van der Waals surface area contributed by atoms with Gasteiger partial charge in [0.25, 0.3) is 0 Å². The van der Waals surface area contributed by atoms with Crippen LogP contribution in [0, 0.1) is 13.8 Å². The van der Waals surface area contributed by atoms with E-state index in [1.807, 2.05) is 11.3 Å². The summed E-state index contributed by atoms with van der Waals surface area (Å²) in [5.74, 6) is 0.141. The van der Waals surface area contributed by atoms with E-state index >= 15 is 0 Å². The van der Waals surface area contributed by atoms with Gasteiger partial charge in [-0.05, 0) is 38.3 Å². The van der Waals surface area contributed by atoms with Gasteiger partial charge in [0.2, 0.25) is 5.91 Å². The molecule has 0 radical (unpaired) electrons. The minimum absolute atomic E-state index is 0.141. The Morgan fingerprint density at radius 1 is 1.25 bits per heavy atom. The Bertz CT molecular complexity index is 414. The molecule has 1 heterocycles. The summed E-state index contributed by atoms with van der Waals surface area (Å²) in [6.07, 6.45) is 7.45. The molecule has 20 heavy (non-hydrogen) atoms. The zero-order valence-electron chi connectivity index (χ0n) is 12.6. The lowest BCUT2D eigenvalue weighted by Gasteiger charge is -2.16. The average Bonchev–Trinajstić information content (AvgIpc) is 2.62. The Morgan fingerprint density at radius 3 is 2.55 bits per heavy atom. The first kappa shape index (κ1) is 15.5. The van der Waals surface area contributed by atoms with Crippen molar-refractivity contribution >= 4 is 17.2 Å². The van der Waals surface area contributed by atoms with Crippen LogP contribution >= 0.6 is 11.3 Å². The van der Waals surface area contributed by atoms with Crippen molar-refractivity contribution in [3.8, 4) is 0 Å². The summed E-state index contributed by atoms with van der Waals surface area (Å²) in [7, 11) is 0. The molecule has 2 rings (SSSR count). The van der Waals surface area contributed by atoms with Gasteiger partial charge in [-0.3, -0.25) is 4.79 Å². The van der Waals surface area contributed by atoms with E-state index in [1.54, 1.807) is 0 Å². The van der Waals surface area contributed by atoms with Crippen LogP contribution in [0.3, 0.4) is 0 Å². The van der Waals surface area contributed by atoms with Crippen molar-refractivity contribution in [2.24, 2.45) is 0 Å². The number of hydrogen-bond donors (Lipinski definition) is 2. The lowest BCUT2D eigenvalue weighted by molar-refractivity contribution is -0.121. The fourth-order valence-electron chi connectivity index (χ4n) is 2.74. The number of carbonyl (C=O) groups is 1. The van der Waals surface area contributed by atoms with Crippen LogP contribution in [-0.4, -0.2) is 18.5 Å². The summed E-state index contributed by atoms with van der Waals surface area (Å²) in [6.45, 7) is 5.49. The molecule has 0 atom stereocenters. The molecule has 0 aliphatic heterocycles. The van der Waals surface area contributed by atoms with E-state index in [2.05, 4.69) is 30.5 Å². The van der Waals surface area contributed by atoms with Crippen LogP contribution < -0.4 is 10.6 Å². The number of thiophene rings is 1. The number of aryl methyl sites for hydroxylation is 2. The molecule has 0 saturated heterocycles. The number of rotatable bonds is 5. The van der Waals surface area contributed by atoms with Gasteiger partial charge in [0.05, 0.1) is 6.54 Å². The van der Waals surface area contributed by atoms with E-state index in [9.17, 15) is 4.79 Å². The van der Waals surface area contributed by atoms with E-state index in [0.717, 1.165) is 19.4 Å². The van der Waals surface area contributed by atoms with Crippen molar-refractivity contribution in [1.29, 1.82) is 0 Å². The smallest absolute Gasteiger partial charge is 0.234 e. The molecule has 1 aromatic rings. The van der Waals surface area contributed by atoms with Gasteiger partial charge in [0.15, 0.2) is 0 Å². The minimum atomic E-state index is 0.141. The van der Waals surface area contributed by atoms with Gasteiger partial charge in [-0.25, -0.2) is 0 Å². The van der Waals surface area contributed by atoms with E-state index in [-0.39, 0.29) is 5.91 Å². The first-order valence-electron chi connectivity index (χ1n) is 7.71. The standard InChI is InChI=1S/C16H26N2OS/c1-12-9-15(20-13(12)2)10-17-11-16(19)18-14-7-5-3-4-6-8-14/h9,14,17H,3-8,10-11H2,1-2H3,(H,18,19). The fourth-order valence-corrected chi connectivity index (χ4v) is 3.76. The predicted molar refractivity (Wildman–Crippen MR) is 85.1 cm³/mol. The highest BCUT2D eigenvalue weighted by Crippen LogP contribution is 2.20. The van der Waals surface area contributed by atoms with Crippen LogP contribution in [0.1, 0.15) is 53.8 Å². The maximum atomic E-state index is 11.9. The van der Waals surface area contributed by atoms with E-state index in [0.29, 0.717) is 12.6 Å². The quantitative estimate of drug-likeness (QED) is 0.818. The monoisotopic (exact) mass is 294 g/mol. The second-order valence-corrected chi connectivity index (χ2v) is 7.15. The van der Waals surface area contributed by atoms with Crippen LogP contribution in [0.15, 0.2) is 6.07 Å². The molecule has 1 aromatic heterocycles. The maximum Gasteiger partial charge on any atom is 0.234 e. The summed E-state index contributed by atoms with van der Waals surface area (Å²) in [4.78, 5) is 14.6. The minimum Gasteiger partial charge on any atom is -0.352 e. The van der Waals surface area contributed by atoms with Crippen molar-refractivity contribution < 1.29 is 4.79 Å². The van der Waals surface area contributed by atoms with Crippen LogP contribution in [0.2, 0.25) is 0 Å². The molecule has 2 N–H and O–H groups in total. The highest BCUT2D eigenvalue weighted by molar-refractivity contribution is 7.12. The second kappa shape index (κ2) is 7.79. The Morgan fingerprint density at radius 2 is 1.95 bits per heavy atom. The van der Waals surface area contributed by atoms with E-state index < -0.39 is 0 Å². The van der Waals surface area contributed by atoms with Gasteiger partial charge in [0.1, 0.15) is 0 Å². The molecule has 1 aliphatic carbocycles. The molecule has 112 valence electrons. The van der Waals surface area contributed by atoms with Gasteiger partial charge in [0, 0.05) is 22.3 Å². The molecule has 0 aromatic carbocycles. The second-order valence-electron chi connectivity index (χ2n) is 5.81. The van der Waals surface area contributed by atoms with Gasteiger partial charge in [-0.2, -0.15) is 0 Å². The Labute approximate surface area is 126 Å². The van der Waals surface area contributed by atoms with Gasteiger partial charge in [-0.1, -0.05) is 25.7 Å². The Kier molecular flexibility index (Phi) is 6.05. The van der Waals surface area contributed by atoms with Crippen LogP contribution in [0.25, 0.3) is 0 Å². The normalized spacial score (nSPS) is 16.9. The number of hydrogen-bond acceptors (Lipinski definition) is 3. The highest BCUT2D eigenvalue weighted by atomic mass is 32.1. The summed E-state index contributed by atoms with van der Waals surface area (Å²) in [5.41, 5.74) is 1.34. The molecule has 0 spiro atoms. The molecule has 1 aliphatic rings. The molecule has 0 bridgehead atoms. The summed E-state index contributed by atoms with van der Waals surface area (Å²) in [6, 6.07) is 2.61. The third-order valence-electron chi connectivity index (χ3n) is 4.02. The summed E-state index contributed by atoms with van der Waals surface area (Å²) >= 11 is 1.81. The molecular formula is C16H26N2OS. The van der Waals surface area contributed by atoms with Crippen molar-refractivity contribution in [1.82, 2.24) is 10.6 Å². The first-order valence-corrected chi connectivity index (χ1v) is 8.53. The summed E-state index contributed by atoms with van der Waals surface area (Å²) in [5, 5.41) is 6.41. The zero-order chi connectivity index (χ0) is 14.4. The predicted octanol–water partition coefficient (Wildman–Crippen LogP) is 3.29. The molecule has 3 nitrogen and oxygen atoms in total. The van der Waals surface area contributed by atoms with Gasteiger partial charge < -0.3 is 10.6 Å². The third kappa shape index (κ3) is 4.91. The van der Waals surface area contributed by atoms with Crippen LogP contribution in [0.5, 0.6) is 0 Å². The zero-order valence-corrected chi connectivity index (χ0v) is 13.4. The number of amides is 1.